The van der Waals surface area contributed by atoms with E-state index in [9.17, 15) is 9.59 Å². The van der Waals surface area contributed by atoms with Crippen LogP contribution in [-0.2, 0) is 0 Å². The van der Waals surface area contributed by atoms with E-state index in [0.717, 1.165) is 0 Å². The summed E-state index contributed by atoms with van der Waals surface area (Å²) in [6.45, 7) is 4.18. The average Bonchev–Trinajstić information content (AvgIpc) is 2.66. The van der Waals surface area contributed by atoms with Gasteiger partial charge in [0.2, 0.25) is 0 Å². The van der Waals surface area contributed by atoms with E-state index in [1.807, 2.05) is 13.8 Å². The number of carbonyl (C=O) groups excluding carboxylic acids is 1. The van der Waals surface area contributed by atoms with E-state index in [4.69, 9.17) is 10.2 Å². The minimum atomic E-state index is -0.518. The fraction of sp³-hybridized carbons (Fsp3) is 0.385. The first-order valence-corrected chi connectivity index (χ1v) is 5.82. The third-order valence-electron chi connectivity index (χ3n) is 3.07. The lowest BCUT2D eigenvalue weighted by molar-refractivity contribution is 0.0829. The summed E-state index contributed by atoms with van der Waals surface area (Å²) in [6, 6.07) is 4.95. The summed E-state index contributed by atoms with van der Waals surface area (Å²) >= 11 is 0. The number of aromatic amines is 1. The Hall–Kier alpha value is -1.88. The second kappa shape index (κ2) is 4.42. The van der Waals surface area contributed by atoms with Gasteiger partial charge in [0.15, 0.2) is 11.4 Å². The van der Waals surface area contributed by atoms with Gasteiger partial charge in [0.25, 0.3) is 0 Å². The van der Waals surface area contributed by atoms with Crippen LogP contribution in [0, 0.1) is 5.41 Å². The van der Waals surface area contributed by atoms with Crippen molar-refractivity contribution in [1.82, 2.24) is 4.98 Å². The van der Waals surface area contributed by atoms with Crippen LogP contribution in [0.2, 0.25) is 0 Å². The third-order valence-corrected chi connectivity index (χ3v) is 3.07. The molecule has 0 amide bonds. The van der Waals surface area contributed by atoms with Gasteiger partial charge in [-0.25, -0.2) is 4.79 Å². The molecule has 0 aliphatic heterocycles. The molecule has 0 saturated carbocycles. The molecule has 0 aliphatic carbocycles. The molecule has 1 aromatic carbocycles. The quantitative estimate of drug-likeness (QED) is 0.805. The molecule has 0 bridgehead atoms. The van der Waals surface area contributed by atoms with E-state index in [1.54, 1.807) is 18.2 Å². The smallest absolute Gasteiger partial charge is 0.408 e. The predicted octanol–water partition coefficient (Wildman–Crippen LogP) is 1.68. The number of benzene rings is 1. The number of hydrogen-bond acceptors (Lipinski definition) is 4. The highest BCUT2D eigenvalue weighted by atomic mass is 16.4. The Labute approximate surface area is 104 Å². The Bertz CT molecular complexity index is 637. The van der Waals surface area contributed by atoms with Gasteiger partial charge in [0, 0.05) is 11.0 Å². The van der Waals surface area contributed by atoms with Crippen molar-refractivity contribution >= 4 is 16.9 Å². The van der Waals surface area contributed by atoms with Crippen LogP contribution in [0.3, 0.4) is 0 Å². The number of hydrogen-bond donors (Lipinski definition) is 2. The largest absolute Gasteiger partial charge is 0.417 e. The van der Waals surface area contributed by atoms with Crippen LogP contribution in [0.1, 0.15) is 30.6 Å². The molecule has 0 saturated heterocycles. The van der Waals surface area contributed by atoms with Crippen molar-refractivity contribution < 1.29 is 9.21 Å². The molecule has 1 aromatic heterocycles. The van der Waals surface area contributed by atoms with Crippen molar-refractivity contribution in [2.75, 3.05) is 6.54 Å². The van der Waals surface area contributed by atoms with Crippen molar-refractivity contribution in [3.05, 3.63) is 34.3 Å². The number of ketones is 1. The monoisotopic (exact) mass is 248 g/mol. The highest BCUT2D eigenvalue weighted by molar-refractivity contribution is 6.02. The van der Waals surface area contributed by atoms with Gasteiger partial charge in [-0.3, -0.25) is 9.78 Å². The summed E-state index contributed by atoms with van der Waals surface area (Å²) in [5.41, 5.74) is 6.51. The van der Waals surface area contributed by atoms with E-state index in [-0.39, 0.29) is 5.78 Å². The number of aromatic nitrogens is 1. The van der Waals surface area contributed by atoms with Gasteiger partial charge in [-0.1, -0.05) is 13.8 Å². The molecule has 18 heavy (non-hydrogen) atoms. The SMILES string of the molecule is CC(C)(CCN)C(=O)c1ccc2[nH]c(=O)oc2c1. The second-order valence-electron chi connectivity index (χ2n) is 4.98. The number of rotatable bonds is 4. The fourth-order valence-electron chi connectivity index (χ4n) is 1.95. The molecule has 0 aliphatic rings. The molecule has 1 heterocycles. The summed E-state index contributed by atoms with van der Waals surface area (Å²) < 4.78 is 4.94. The summed E-state index contributed by atoms with van der Waals surface area (Å²) in [6.07, 6.45) is 0.612. The third kappa shape index (κ3) is 2.22. The van der Waals surface area contributed by atoms with Crippen molar-refractivity contribution in [1.29, 1.82) is 0 Å². The molecule has 0 fully saturated rings. The molecule has 5 nitrogen and oxygen atoms in total. The maximum absolute atomic E-state index is 12.3. The normalized spacial score (nSPS) is 11.9. The van der Waals surface area contributed by atoms with Gasteiger partial charge in [-0.2, -0.15) is 0 Å². The molecule has 2 rings (SSSR count). The summed E-state index contributed by atoms with van der Waals surface area (Å²) in [5, 5.41) is 0. The van der Waals surface area contributed by atoms with Gasteiger partial charge >= 0.3 is 5.76 Å². The highest BCUT2D eigenvalue weighted by Gasteiger charge is 2.28. The van der Waals surface area contributed by atoms with E-state index < -0.39 is 11.2 Å². The molecule has 96 valence electrons. The molecule has 0 atom stereocenters. The number of fused-ring (bicyclic) bond motifs is 1. The maximum atomic E-state index is 12.3. The average molecular weight is 248 g/mol. The molecular formula is C13H16N2O3. The Kier molecular flexibility index (Phi) is 3.09. The standard InChI is InChI=1S/C13H16N2O3/c1-13(2,5-6-14)11(16)8-3-4-9-10(7-8)18-12(17)15-9/h3-4,7H,5-6,14H2,1-2H3,(H,15,17). The minimum absolute atomic E-state index is 0.00120. The Morgan fingerprint density at radius 1 is 1.44 bits per heavy atom. The zero-order chi connectivity index (χ0) is 13.3. The second-order valence-corrected chi connectivity index (χ2v) is 4.98. The minimum Gasteiger partial charge on any atom is -0.408 e. The molecule has 0 unspecified atom stereocenters. The maximum Gasteiger partial charge on any atom is 0.417 e. The van der Waals surface area contributed by atoms with E-state index in [0.29, 0.717) is 29.6 Å². The Morgan fingerprint density at radius 2 is 2.17 bits per heavy atom. The predicted molar refractivity (Wildman–Crippen MR) is 68.6 cm³/mol. The number of carbonyl (C=O) groups is 1. The van der Waals surface area contributed by atoms with Gasteiger partial charge in [-0.05, 0) is 31.2 Å². The van der Waals surface area contributed by atoms with Crippen molar-refractivity contribution in [3.63, 3.8) is 0 Å². The molecule has 3 N–H and O–H groups in total. The highest BCUT2D eigenvalue weighted by Crippen LogP contribution is 2.26. The van der Waals surface area contributed by atoms with Gasteiger partial charge in [0.1, 0.15) is 0 Å². The number of nitrogens with one attached hydrogen (secondary N) is 1. The molecule has 0 radical (unpaired) electrons. The molecule has 0 spiro atoms. The zero-order valence-electron chi connectivity index (χ0n) is 10.4. The van der Waals surface area contributed by atoms with Crippen LogP contribution < -0.4 is 11.5 Å². The van der Waals surface area contributed by atoms with E-state index >= 15 is 0 Å². The van der Waals surface area contributed by atoms with E-state index in [2.05, 4.69) is 4.98 Å². The first-order valence-electron chi connectivity index (χ1n) is 5.82. The lowest BCUT2D eigenvalue weighted by Gasteiger charge is -2.22. The fourth-order valence-corrected chi connectivity index (χ4v) is 1.95. The zero-order valence-corrected chi connectivity index (χ0v) is 10.4. The van der Waals surface area contributed by atoms with Crippen molar-refractivity contribution in [2.45, 2.75) is 20.3 Å². The number of H-pyrrole nitrogens is 1. The van der Waals surface area contributed by atoms with Crippen LogP contribution in [0.15, 0.2) is 27.4 Å². The lowest BCUT2D eigenvalue weighted by atomic mass is 9.81. The van der Waals surface area contributed by atoms with Crippen LogP contribution in [0.5, 0.6) is 0 Å². The first-order chi connectivity index (χ1) is 8.44. The number of oxazole rings is 1. The summed E-state index contributed by atoms with van der Waals surface area (Å²) in [7, 11) is 0. The molecular weight excluding hydrogens is 232 g/mol. The first kappa shape index (κ1) is 12.6. The van der Waals surface area contributed by atoms with E-state index in [1.165, 1.54) is 0 Å². The van der Waals surface area contributed by atoms with Crippen molar-refractivity contribution in [3.8, 4) is 0 Å². The topological polar surface area (TPSA) is 89.1 Å². The summed E-state index contributed by atoms with van der Waals surface area (Å²) in [4.78, 5) is 25.9. The molecule has 2 aromatic rings. The Morgan fingerprint density at radius 3 is 2.83 bits per heavy atom. The number of nitrogens with two attached hydrogens (primary N) is 1. The van der Waals surface area contributed by atoms with Crippen LogP contribution in [-0.4, -0.2) is 17.3 Å². The van der Waals surface area contributed by atoms with Gasteiger partial charge < -0.3 is 10.2 Å². The number of Topliss-reactive ketones (excluding diaryl/α,β-unsaturated/α-hetero) is 1. The van der Waals surface area contributed by atoms with Crippen LogP contribution >= 0.6 is 0 Å². The van der Waals surface area contributed by atoms with Crippen LogP contribution in [0.25, 0.3) is 11.1 Å². The van der Waals surface area contributed by atoms with Gasteiger partial charge in [-0.15, -0.1) is 0 Å². The van der Waals surface area contributed by atoms with Crippen LogP contribution in [0.4, 0.5) is 0 Å². The Balaban J connectivity index is 2.41. The molecule has 5 heteroatoms. The summed E-state index contributed by atoms with van der Waals surface area (Å²) in [5.74, 6) is -0.519. The van der Waals surface area contributed by atoms with Gasteiger partial charge in [0.05, 0.1) is 5.52 Å². The lowest BCUT2D eigenvalue weighted by Crippen LogP contribution is -2.27. The van der Waals surface area contributed by atoms with Crippen molar-refractivity contribution in [2.24, 2.45) is 11.1 Å².